The van der Waals surface area contributed by atoms with Crippen LogP contribution < -0.4 is 0 Å². The van der Waals surface area contributed by atoms with Gasteiger partial charge in [-0.2, -0.15) is 0 Å². The Balaban J connectivity index is 3.40. The summed E-state index contributed by atoms with van der Waals surface area (Å²) in [7, 11) is 0. The molecule has 0 radical (unpaired) electrons. The number of hydrogen-bond donors (Lipinski definition) is 1. The molecule has 0 saturated carbocycles. The maximum atomic E-state index is 12.1. The molecule has 4 heteroatoms. The number of rotatable bonds is 33. The molecular weight excluding hydrogens is 496 g/mol. The van der Waals surface area contributed by atoms with Crippen LogP contribution in [0.25, 0.3) is 0 Å². The lowest BCUT2D eigenvalue weighted by atomic mass is 10.0. The number of esters is 1. The van der Waals surface area contributed by atoms with Gasteiger partial charge in [0.1, 0.15) is 6.10 Å². The van der Waals surface area contributed by atoms with E-state index in [0.29, 0.717) is 19.6 Å². The van der Waals surface area contributed by atoms with Gasteiger partial charge in [0.2, 0.25) is 0 Å². The number of hydrogen-bond acceptors (Lipinski definition) is 4. The number of allylic oxidation sites excluding steroid dienone is 2. The third-order valence-electron chi connectivity index (χ3n) is 7.82. The number of aliphatic hydroxyl groups is 1. The molecule has 0 bridgehead atoms. The first-order valence-corrected chi connectivity index (χ1v) is 17.8. The number of carbonyl (C=O) groups excluding carboxylic acids is 1. The Morgan fingerprint density at radius 2 is 1.02 bits per heavy atom. The van der Waals surface area contributed by atoms with Crippen molar-refractivity contribution in [2.75, 3.05) is 19.8 Å². The van der Waals surface area contributed by atoms with Gasteiger partial charge in [-0.3, -0.25) is 4.79 Å². The van der Waals surface area contributed by atoms with Crippen LogP contribution in [-0.4, -0.2) is 37.0 Å². The highest BCUT2D eigenvalue weighted by atomic mass is 16.6. The van der Waals surface area contributed by atoms with Gasteiger partial charge in [-0.15, -0.1) is 0 Å². The predicted molar refractivity (Wildman–Crippen MR) is 173 cm³/mol. The molecule has 0 spiro atoms. The fraction of sp³-hybridized carbons (Fsp3) is 0.917. The molecule has 0 rings (SSSR count). The van der Waals surface area contributed by atoms with Crippen molar-refractivity contribution in [1.82, 2.24) is 0 Å². The van der Waals surface area contributed by atoms with E-state index < -0.39 is 6.10 Å². The zero-order chi connectivity index (χ0) is 29.2. The largest absolute Gasteiger partial charge is 0.457 e. The zero-order valence-corrected chi connectivity index (χ0v) is 27.1. The molecule has 0 aliphatic heterocycles. The third-order valence-corrected chi connectivity index (χ3v) is 7.82. The molecule has 0 aliphatic carbocycles. The standard InChI is InChI=1S/C36H70O4/c1-3-5-7-9-11-13-15-16-17-18-19-20-21-23-25-27-29-31-36(38)40-35(33-37)34-39-32-30-28-26-24-22-14-12-10-8-6-4-2/h8,10,35,37H,3-7,9,11-34H2,1-2H3/b10-8-. The van der Waals surface area contributed by atoms with Crippen molar-refractivity contribution in [2.24, 2.45) is 0 Å². The Kier molecular flexibility index (Phi) is 33.6. The number of ether oxygens (including phenoxy) is 2. The molecule has 1 unspecified atom stereocenters. The van der Waals surface area contributed by atoms with Crippen molar-refractivity contribution < 1.29 is 19.4 Å². The first-order chi connectivity index (χ1) is 19.7. The van der Waals surface area contributed by atoms with Crippen LogP contribution >= 0.6 is 0 Å². The van der Waals surface area contributed by atoms with E-state index in [2.05, 4.69) is 26.0 Å². The zero-order valence-electron chi connectivity index (χ0n) is 27.1. The topological polar surface area (TPSA) is 55.8 Å². The van der Waals surface area contributed by atoms with E-state index >= 15 is 0 Å². The molecule has 40 heavy (non-hydrogen) atoms. The van der Waals surface area contributed by atoms with E-state index in [1.165, 1.54) is 148 Å². The lowest BCUT2D eigenvalue weighted by Crippen LogP contribution is -2.27. The van der Waals surface area contributed by atoms with Crippen LogP contribution in [0.5, 0.6) is 0 Å². The second kappa shape index (κ2) is 34.3. The van der Waals surface area contributed by atoms with Gasteiger partial charge in [-0.25, -0.2) is 0 Å². The minimum atomic E-state index is -0.529. The Morgan fingerprint density at radius 1 is 0.575 bits per heavy atom. The fourth-order valence-corrected chi connectivity index (χ4v) is 5.15. The summed E-state index contributed by atoms with van der Waals surface area (Å²) < 4.78 is 11.1. The molecule has 1 atom stereocenters. The molecule has 1 N–H and O–H groups in total. The molecule has 0 aromatic rings. The summed E-state index contributed by atoms with van der Waals surface area (Å²) in [4.78, 5) is 12.1. The molecule has 0 aromatic heterocycles. The summed E-state index contributed by atoms with van der Waals surface area (Å²) in [6.07, 6.45) is 38.2. The molecule has 238 valence electrons. The van der Waals surface area contributed by atoms with Crippen molar-refractivity contribution in [3.63, 3.8) is 0 Å². The quantitative estimate of drug-likeness (QED) is 0.0487. The maximum Gasteiger partial charge on any atom is 0.306 e. The van der Waals surface area contributed by atoms with Gasteiger partial charge in [0, 0.05) is 13.0 Å². The monoisotopic (exact) mass is 567 g/mol. The summed E-state index contributed by atoms with van der Waals surface area (Å²) in [6, 6.07) is 0. The van der Waals surface area contributed by atoms with Crippen molar-refractivity contribution in [2.45, 2.75) is 193 Å². The molecule has 0 amide bonds. The Bertz CT molecular complexity index is 519. The lowest BCUT2D eigenvalue weighted by Gasteiger charge is -2.15. The van der Waals surface area contributed by atoms with Crippen LogP contribution in [0.4, 0.5) is 0 Å². The fourth-order valence-electron chi connectivity index (χ4n) is 5.15. The summed E-state index contributed by atoms with van der Waals surface area (Å²) in [5.41, 5.74) is 0. The van der Waals surface area contributed by atoms with Gasteiger partial charge in [-0.05, 0) is 32.1 Å². The molecule has 0 fully saturated rings. The van der Waals surface area contributed by atoms with Gasteiger partial charge in [0.05, 0.1) is 13.2 Å². The first kappa shape index (κ1) is 39.1. The number of aliphatic hydroxyl groups excluding tert-OH is 1. The van der Waals surface area contributed by atoms with Crippen molar-refractivity contribution in [3.05, 3.63) is 12.2 Å². The molecule has 0 heterocycles. The summed E-state index contributed by atoms with van der Waals surface area (Å²) >= 11 is 0. The normalized spacial score (nSPS) is 12.4. The lowest BCUT2D eigenvalue weighted by molar-refractivity contribution is -0.154. The highest BCUT2D eigenvalue weighted by Gasteiger charge is 2.13. The van der Waals surface area contributed by atoms with E-state index in [1.54, 1.807) is 0 Å². The van der Waals surface area contributed by atoms with Gasteiger partial charge >= 0.3 is 5.97 Å². The van der Waals surface area contributed by atoms with Gasteiger partial charge < -0.3 is 14.6 Å². The van der Waals surface area contributed by atoms with E-state index in [1.807, 2.05) is 0 Å². The molecule has 4 nitrogen and oxygen atoms in total. The van der Waals surface area contributed by atoms with Crippen LogP contribution in [-0.2, 0) is 14.3 Å². The molecule has 0 aromatic carbocycles. The van der Waals surface area contributed by atoms with Crippen molar-refractivity contribution in [1.29, 1.82) is 0 Å². The van der Waals surface area contributed by atoms with E-state index in [4.69, 9.17) is 9.47 Å². The van der Waals surface area contributed by atoms with Crippen LogP contribution in [0.1, 0.15) is 187 Å². The van der Waals surface area contributed by atoms with Crippen LogP contribution in [0.2, 0.25) is 0 Å². The predicted octanol–water partition coefficient (Wildman–Crippen LogP) is 11.0. The van der Waals surface area contributed by atoms with Crippen LogP contribution in [0.15, 0.2) is 12.2 Å². The summed E-state index contributed by atoms with van der Waals surface area (Å²) in [5.74, 6) is -0.201. The highest BCUT2D eigenvalue weighted by molar-refractivity contribution is 5.69. The Hall–Kier alpha value is -0.870. The Morgan fingerprint density at radius 3 is 1.52 bits per heavy atom. The van der Waals surface area contributed by atoms with E-state index in [9.17, 15) is 9.90 Å². The van der Waals surface area contributed by atoms with E-state index in [0.717, 1.165) is 19.3 Å². The SMILES string of the molecule is CCC/C=C\CCCCCCCCOCC(CO)OC(=O)CCCCCCCCCCCCCCCCCCC. The second-order valence-electron chi connectivity index (χ2n) is 11.9. The van der Waals surface area contributed by atoms with Crippen molar-refractivity contribution >= 4 is 5.97 Å². The van der Waals surface area contributed by atoms with Gasteiger partial charge in [-0.1, -0.05) is 161 Å². The Labute approximate surface area is 250 Å². The van der Waals surface area contributed by atoms with Crippen LogP contribution in [0, 0.1) is 0 Å². The van der Waals surface area contributed by atoms with Crippen molar-refractivity contribution in [3.8, 4) is 0 Å². The van der Waals surface area contributed by atoms with E-state index in [-0.39, 0.29) is 12.6 Å². The minimum Gasteiger partial charge on any atom is -0.457 e. The minimum absolute atomic E-state index is 0.169. The van der Waals surface area contributed by atoms with Crippen LogP contribution in [0.3, 0.4) is 0 Å². The average molecular weight is 567 g/mol. The third kappa shape index (κ3) is 31.7. The smallest absolute Gasteiger partial charge is 0.306 e. The van der Waals surface area contributed by atoms with Gasteiger partial charge in [0.25, 0.3) is 0 Å². The highest BCUT2D eigenvalue weighted by Crippen LogP contribution is 2.15. The summed E-state index contributed by atoms with van der Waals surface area (Å²) in [6.45, 7) is 5.30. The molecular formula is C36H70O4. The first-order valence-electron chi connectivity index (χ1n) is 17.8. The summed E-state index contributed by atoms with van der Waals surface area (Å²) in [5, 5.41) is 9.52. The molecule has 0 aliphatic rings. The number of unbranched alkanes of at least 4 members (excludes halogenated alkanes) is 23. The van der Waals surface area contributed by atoms with Gasteiger partial charge in [0.15, 0.2) is 0 Å². The second-order valence-corrected chi connectivity index (χ2v) is 11.9. The number of carbonyl (C=O) groups is 1. The maximum absolute atomic E-state index is 12.1. The molecule has 0 saturated heterocycles. The average Bonchev–Trinajstić information content (AvgIpc) is 2.96.